The van der Waals surface area contributed by atoms with Gasteiger partial charge >= 0.3 is 0 Å². The summed E-state index contributed by atoms with van der Waals surface area (Å²) >= 11 is 0. The first-order chi connectivity index (χ1) is 10.8. The summed E-state index contributed by atoms with van der Waals surface area (Å²) in [5.74, 6) is 1.76. The molecule has 120 valence electrons. The lowest BCUT2D eigenvalue weighted by atomic mass is 10.1. The fourth-order valence-electron chi connectivity index (χ4n) is 3.35. The van der Waals surface area contributed by atoms with Crippen LogP contribution in [0.5, 0.6) is 0 Å². The monoisotopic (exact) mass is 300 g/mol. The van der Waals surface area contributed by atoms with Crippen molar-refractivity contribution in [3.05, 3.63) is 35.9 Å². The third kappa shape index (κ3) is 4.01. The molecule has 3 rings (SSSR count). The van der Waals surface area contributed by atoms with Crippen molar-refractivity contribution >= 4 is 5.96 Å². The molecular weight excluding hydrogens is 272 g/mol. The second kappa shape index (κ2) is 7.14. The Bertz CT molecular complexity index is 495. The molecular formula is C18H28N4. The Morgan fingerprint density at radius 3 is 2.73 bits per heavy atom. The van der Waals surface area contributed by atoms with Crippen molar-refractivity contribution < 1.29 is 0 Å². The molecule has 1 aliphatic heterocycles. The van der Waals surface area contributed by atoms with E-state index in [1.54, 1.807) is 0 Å². The van der Waals surface area contributed by atoms with E-state index in [4.69, 9.17) is 0 Å². The summed E-state index contributed by atoms with van der Waals surface area (Å²) < 4.78 is 0. The summed E-state index contributed by atoms with van der Waals surface area (Å²) in [4.78, 5) is 9.30. The van der Waals surface area contributed by atoms with Gasteiger partial charge in [0.15, 0.2) is 5.96 Å². The quantitative estimate of drug-likeness (QED) is 0.668. The van der Waals surface area contributed by atoms with Crippen molar-refractivity contribution in [2.45, 2.75) is 31.8 Å². The lowest BCUT2D eigenvalue weighted by molar-refractivity contribution is 0.313. The number of benzene rings is 1. The van der Waals surface area contributed by atoms with E-state index in [1.165, 1.54) is 37.9 Å². The molecule has 4 heteroatoms. The zero-order chi connectivity index (χ0) is 15.4. The van der Waals surface area contributed by atoms with Gasteiger partial charge in [-0.2, -0.15) is 0 Å². The smallest absolute Gasteiger partial charge is 0.193 e. The molecule has 0 bridgehead atoms. The molecule has 1 saturated carbocycles. The molecule has 0 amide bonds. The summed E-state index contributed by atoms with van der Waals surface area (Å²) in [6, 6.07) is 11.5. The first-order valence-corrected chi connectivity index (χ1v) is 8.46. The van der Waals surface area contributed by atoms with Gasteiger partial charge in [-0.15, -0.1) is 0 Å². The third-order valence-corrected chi connectivity index (χ3v) is 4.77. The van der Waals surface area contributed by atoms with Gasteiger partial charge in [0.1, 0.15) is 0 Å². The SMILES string of the molecule is CN=C(NCC1CCN(C2CC2)C1)N(C)Cc1ccccc1. The number of likely N-dealkylation sites (tertiary alicyclic amines) is 1. The maximum atomic E-state index is 4.43. The van der Waals surface area contributed by atoms with Gasteiger partial charge in [-0.1, -0.05) is 30.3 Å². The van der Waals surface area contributed by atoms with Gasteiger partial charge in [0, 0.05) is 39.8 Å². The van der Waals surface area contributed by atoms with E-state index in [9.17, 15) is 0 Å². The first kappa shape index (κ1) is 15.3. The Kier molecular flexibility index (Phi) is 4.98. The molecule has 4 nitrogen and oxygen atoms in total. The van der Waals surface area contributed by atoms with Gasteiger partial charge < -0.3 is 15.1 Å². The highest BCUT2D eigenvalue weighted by Gasteiger charge is 2.34. The lowest BCUT2D eigenvalue weighted by Crippen LogP contribution is -2.41. The molecule has 0 radical (unpaired) electrons. The number of guanidine groups is 1. The Balaban J connectivity index is 1.45. The lowest BCUT2D eigenvalue weighted by Gasteiger charge is -2.23. The van der Waals surface area contributed by atoms with Gasteiger partial charge in [0.05, 0.1) is 0 Å². The number of nitrogens with zero attached hydrogens (tertiary/aromatic N) is 3. The number of hydrogen-bond donors (Lipinski definition) is 1. The summed E-state index contributed by atoms with van der Waals surface area (Å²) in [5, 5.41) is 3.56. The third-order valence-electron chi connectivity index (χ3n) is 4.77. The molecule has 1 aromatic carbocycles. The van der Waals surface area contributed by atoms with E-state index in [0.717, 1.165) is 31.0 Å². The molecule has 0 aromatic heterocycles. The minimum atomic E-state index is 0.766. The van der Waals surface area contributed by atoms with E-state index in [1.807, 2.05) is 7.05 Å². The molecule has 1 atom stereocenters. The summed E-state index contributed by atoms with van der Waals surface area (Å²) in [7, 11) is 3.97. The second-order valence-corrected chi connectivity index (χ2v) is 6.65. The fraction of sp³-hybridized carbons (Fsp3) is 0.611. The molecule has 1 unspecified atom stereocenters. The van der Waals surface area contributed by atoms with Crippen LogP contribution in [0.2, 0.25) is 0 Å². The van der Waals surface area contributed by atoms with E-state index in [0.29, 0.717) is 0 Å². The number of rotatable bonds is 5. The Hall–Kier alpha value is -1.55. The van der Waals surface area contributed by atoms with Gasteiger partial charge in [0.2, 0.25) is 0 Å². The Morgan fingerprint density at radius 1 is 1.27 bits per heavy atom. The van der Waals surface area contributed by atoms with Crippen LogP contribution in [0.25, 0.3) is 0 Å². The predicted octanol–water partition coefficient (Wildman–Crippen LogP) is 2.18. The molecule has 1 aromatic rings. The Morgan fingerprint density at radius 2 is 2.05 bits per heavy atom. The van der Waals surface area contributed by atoms with Crippen LogP contribution in [-0.2, 0) is 6.54 Å². The molecule has 22 heavy (non-hydrogen) atoms. The maximum Gasteiger partial charge on any atom is 0.193 e. The fourth-order valence-corrected chi connectivity index (χ4v) is 3.35. The van der Waals surface area contributed by atoms with E-state index >= 15 is 0 Å². The predicted molar refractivity (Wildman–Crippen MR) is 92.0 cm³/mol. The van der Waals surface area contributed by atoms with Crippen LogP contribution < -0.4 is 5.32 Å². The number of hydrogen-bond acceptors (Lipinski definition) is 2. The average molecular weight is 300 g/mol. The van der Waals surface area contributed by atoms with E-state index in [-0.39, 0.29) is 0 Å². The van der Waals surface area contributed by atoms with Crippen molar-refractivity contribution in [2.75, 3.05) is 33.7 Å². The zero-order valence-electron chi connectivity index (χ0n) is 13.8. The highest BCUT2D eigenvalue weighted by Crippen LogP contribution is 2.31. The van der Waals surface area contributed by atoms with Crippen molar-refractivity contribution in [3.63, 3.8) is 0 Å². The maximum absolute atomic E-state index is 4.43. The van der Waals surface area contributed by atoms with E-state index in [2.05, 4.69) is 57.5 Å². The molecule has 2 aliphatic rings. The van der Waals surface area contributed by atoms with Crippen molar-refractivity contribution in [1.29, 1.82) is 0 Å². The van der Waals surface area contributed by atoms with Crippen LogP contribution in [0.15, 0.2) is 35.3 Å². The van der Waals surface area contributed by atoms with Crippen molar-refractivity contribution in [1.82, 2.24) is 15.1 Å². The largest absolute Gasteiger partial charge is 0.356 e. The summed E-state index contributed by atoms with van der Waals surface area (Å²) in [6.07, 6.45) is 4.16. The van der Waals surface area contributed by atoms with Crippen molar-refractivity contribution in [3.8, 4) is 0 Å². The van der Waals surface area contributed by atoms with Gasteiger partial charge in [-0.3, -0.25) is 4.99 Å². The van der Waals surface area contributed by atoms with Gasteiger partial charge in [-0.25, -0.2) is 0 Å². The van der Waals surface area contributed by atoms with Crippen LogP contribution in [0.4, 0.5) is 0 Å². The Labute approximate surface area is 134 Å². The molecule has 1 aliphatic carbocycles. The van der Waals surface area contributed by atoms with Crippen molar-refractivity contribution in [2.24, 2.45) is 10.9 Å². The highest BCUT2D eigenvalue weighted by molar-refractivity contribution is 5.79. The molecule has 1 heterocycles. The van der Waals surface area contributed by atoms with Crippen LogP contribution in [0.3, 0.4) is 0 Å². The normalized spacial score (nSPS) is 22.8. The minimum Gasteiger partial charge on any atom is -0.356 e. The topological polar surface area (TPSA) is 30.9 Å². The molecule has 0 spiro atoms. The van der Waals surface area contributed by atoms with Gasteiger partial charge in [-0.05, 0) is 37.3 Å². The summed E-state index contributed by atoms with van der Waals surface area (Å²) in [5.41, 5.74) is 1.31. The second-order valence-electron chi connectivity index (χ2n) is 6.65. The van der Waals surface area contributed by atoms with Crippen LogP contribution >= 0.6 is 0 Å². The molecule has 2 fully saturated rings. The minimum absolute atomic E-state index is 0.766. The standard InChI is InChI=1S/C18H28N4/c1-19-18(21(2)13-15-6-4-3-5-7-15)20-12-16-10-11-22(14-16)17-8-9-17/h3-7,16-17H,8-14H2,1-2H3,(H,19,20). The molecule has 1 saturated heterocycles. The molecule has 1 N–H and O–H groups in total. The van der Waals surface area contributed by atoms with Crippen LogP contribution in [-0.4, -0.2) is 55.5 Å². The van der Waals surface area contributed by atoms with E-state index < -0.39 is 0 Å². The van der Waals surface area contributed by atoms with Crippen LogP contribution in [0.1, 0.15) is 24.8 Å². The highest BCUT2D eigenvalue weighted by atomic mass is 15.3. The van der Waals surface area contributed by atoms with Crippen LogP contribution in [0, 0.1) is 5.92 Å². The summed E-state index contributed by atoms with van der Waals surface area (Å²) in [6.45, 7) is 4.47. The average Bonchev–Trinajstić information content (AvgIpc) is 3.28. The zero-order valence-corrected chi connectivity index (χ0v) is 13.8. The first-order valence-electron chi connectivity index (χ1n) is 8.46. The number of aliphatic imine (C=N–C) groups is 1. The van der Waals surface area contributed by atoms with Gasteiger partial charge in [0.25, 0.3) is 0 Å². The number of nitrogens with one attached hydrogen (secondary N) is 1.